The number of amides is 1. The Morgan fingerprint density at radius 2 is 1.92 bits per heavy atom. The van der Waals surface area contributed by atoms with Crippen LogP contribution in [-0.4, -0.2) is 89.9 Å². The lowest BCUT2D eigenvalue weighted by atomic mass is 10.0. The summed E-state index contributed by atoms with van der Waals surface area (Å²) in [5.74, 6) is 0.480. The predicted molar refractivity (Wildman–Crippen MR) is 189 cm³/mol. The number of nitrogens with one attached hydrogen (secondary N) is 1. The largest absolute Gasteiger partial charge is 0.472 e. The Bertz CT molecular complexity index is 2030. The first-order valence-corrected chi connectivity index (χ1v) is 17.2. The zero-order valence-corrected chi connectivity index (χ0v) is 30.2. The van der Waals surface area contributed by atoms with Crippen LogP contribution in [0.25, 0.3) is 44.3 Å². The number of aromatic nitrogens is 7. The van der Waals surface area contributed by atoms with Gasteiger partial charge in [0.2, 0.25) is 5.88 Å². The third-order valence-electron chi connectivity index (χ3n) is 8.46. The van der Waals surface area contributed by atoms with E-state index < -0.39 is 23.9 Å². The van der Waals surface area contributed by atoms with E-state index in [1.165, 1.54) is 4.68 Å². The van der Waals surface area contributed by atoms with E-state index in [-0.39, 0.29) is 25.9 Å². The summed E-state index contributed by atoms with van der Waals surface area (Å²) in [6.07, 6.45) is 3.41. The number of carbonyl (C=O) groups excluding carboxylic acids is 2. The van der Waals surface area contributed by atoms with Gasteiger partial charge in [0.05, 0.1) is 42.6 Å². The first-order chi connectivity index (χ1) is 24.4. The van der Waals surface area contributed by atoms with Crippen LogP contribution in [-0.2, 0) is 34.4 Å². The summed E-state index contributed by atoms with van der Waals surface area (Å²) >= 11 is 0. The molecular formula is C36H46N8O7. The number of hydrogen-bond acceptors (Lipinski definition) is 11. The topological polar surface area (TPSA) is 170 Å². The fourth-order valence-corrected chi connectivity index (χ4v) is 6.30. The number of ether oxygens (including phenoxy) is 4. The molecule has 1 unspecified atom stereocenters. The van der Waals surface area contributed by atoms with Gasteiger partial charge in [-0.25, -0.2) is 19.1 Å². The van der Waals surface area contributed by atoms with Crippen molar-refractivity contribution >= 4 is 34.3 Å². The summed E-state index contributed by atoms with van der Waals surface area (Å²) in [5.41, 5.74) is 4.54. The lowest BCUT2D eigenvalue weighted by molar-refractivity contribution is -0.0368. The molecule has 6 rings (SSSR count). The molecule has 1 saturated heterocycles. The van der Waals surface area contributed by atoms with Crippen LogP contribution >= 0.6 is 0 Å². The molecule has 1 aliphatic rings. The van der Waals surface area contributed by atoms with Gasteiger partial charge in [-0.3, -0.25) is 9.48 Å². The van der Waals surface area contributed by atoms with Gasteiger partial charge in [0.25, 0.3) is 0 Å². The van der Waals surface area contributed by atoms with Crippen LogP contribution in [0.15, 0.2) is 30.5 Å². The minimum absolute atomic E-state index is 0.191. The van der Waals surface area contributed by atoms with Crippen molar-refractivity contribution in [2.75, 3.05) is 20.3 Å². The van der Waals surface area contributed by atoms with Gasteiger partial charge in [-0.2, -0.15) is 15.3 Å². The van der Waals surface area contributed by atoms with Crippen LogP contribution in [0.3, 0.4) is 0 Å². The molecule has 3 atom stereocenters. The highest BCUT2D eigenvalue weighted by Crippen LogP contribution is 2.39. The van der Waals surface area contributed by atoms with Crippen molar-refractivity contribution in [3.05, 3.63) is 41.9 Å². The molecule has 0 saturated carbocycles. The minimum Gasteiger partial charge on any atom is -0.472 e. The van der Waals surface area contributed by atoms with Gasteiger partial charge < -0.3 is 29.4 Å². The molecule has 15 nitrogen and oxygen atoms in total. The van der Waals surface area contributed by atoms with Crippen molar-refractivity contribution in [2.45, 2.75) is 91.1 Å². The van der Waals surface area contributed by atoms with Crippen molar-refractivity contribution in [1.29, 1.82) is 0 Å². The van der Waals surface area contributed by atoms with Gasteiger partial charge in [-0.1, -0.05) is 6.07 Å². The standard InChI is InChI=1S/C36H46N8O7/c1-21(46)18-43-29(19-45)25-14-23(11-12-27(25)40-43)32-26-15-24(17-37-33(26)44(41-32)30-10-8-9-13-49-30)31-28(20-48-7)39-42(6)34(31)50-22(2)16-38-35(47)51-36(3,4)5/h11-12,14-15,17,19,21-22,30,46H,8-10,13,16,18,20H2,1-7H3,(H,38,47)/t21-,22-,30?/m0/s1. The molecular weight excluding hydrogens is 656 g/mol. The van der Waals surface area contributed by atoms with Gasteiger partial charge in [-0.05, 0) is 72.1 Å². The second-order valence-corrected chi connectivity index (χ2v) is 14.0. The molecule has 272 valence electrons. The summed E-state index contributed by atoms with van der Waals surface area (Å²) in [6, 6.07) is 7.69. The van der Waals surface area contributed by atoms with Crippen LogP contribution in [0, 0.1) is 0 Å². The van der Waals surface area contributed by atoms with Gasteiger partial charge in [0.15, 0.2) is 18.2 Å². The average molecular weight is 703 g/mol. The number of rotatable bonds is 12. The van der Waals surface area contributed by atoms with Crippen LogP contribution in [0.1, 0.15) is 76.3 Å². The van der Waals surface area contributed by atoms with Crippen LogP contribution in [0.5, 0.6) is 5.88 Å². The molecule has 0 radical (unpaired) electrons. The van der Waals surface area contributed by atoms with Crippen molar-refractivity contribution in [1.82, 2.24) is 39.6 Å². The minimum atomic E-state index is -0.675. The van der Waals surface area contributed by atoms with Crippen LogP contribution in [0.4, 0.5) is 4.79 Å². The lowest BCUT2D eigenvalue weighted by Crippen LogP contribution is -2.37. The van der Waals surface area contributed by atoms with Gasteiger partial charge in [0.1, 0.15) is 23.1 Å². The number of pyridine rings is 1. The molecule has 1 aliphatic heterocycles. The second-order valence-electron chi connectivity index (χ2n) is 14.0. The zero-order chi connectivity index (χ0) is 36.4. The van der Waals surface area contributed by atoms with Gasteiger partial charge in [-0.15, -0.1) is 0 Å². The molecule has 2 N–H and O–H groups in total. The number of aliphatic hydroxyl groups excluding tert-OH is 1. The van der Waals surface area contributed by atoms with E-state index >= 15 is 0 Å². The molecule has 4 aromatic heterocycles. The number of aldehydes is 1. The SMILES string of the molecule is COCc1nn(C)c(O[C@@H](C)CNC(=O)OC(C)(C)C)c1-c1cnc2c(c1)c(-c1ccc3nn(C[C@H](C)O)c(C=O)c3c1)nn2C1CCCCO1. The normalized spacial score (nSPS) is 16.4. The van der Waals surface area contributed by atoms with E-state index in [0.717, 1.165) is 42.1 Å². The third kappa shape index (κ3) is 7.75. The Morgan fingerprint density at radius 3 is 2.61 bits per heavy atom. The summed E-state index contributed by atoms with van der Waals surface area (Å²) in [5, 5.41) is 28.5. The summed E-state index contributed by atoms with van der Waals surface area (Å²) < 4.78 is 28.5. The second kappa shape index (κ2) is 14.8. The zero-order valence-electron chi connectivity index (χ0n) is 30.2. The number of benzene rings is 1. The Balaban J connectivity index is 1.44. The number of carbonyl (C=O) groups is 2. The maximum absolute atomic E-state index is 12.3. The molecule has 0 bridgehead atoms. The van der Waals surface area contributed by atoms with Gasteiger partial charge >= 0.3 is 6.09 Å². The number of fused-ring (bicyclic) bond motifs is 2. The fourth-order valence-electron chi connectivity index (χ4n) is 6.30. The van der Waals surface area contributed by atoms with Crippen molar-refractivity contribution in [3.63, 3.8) is 0 Å². The van der Waals surface area contributed by atoms with E-state index in [0.29, 0.717) is 51.7 Å². The molecule has 5 heterocycles. The number of nitrogens with zero attached hydrogens (tertiary/aromatic N) is 7. The molecule has 1 aromatic carbocycles. The summed E-state index contributed by atoms with van der Waals surface area (Å²) in [6.45, 7) is 10.2. The van der Waals surface area contributed by atoms with E-state index in [1.54, 1.807) is 32.0 Å². The molecule has 5 aromatic rings. The highest BCUT2D eigenvalue weighted by atomic mass is 16.6. The maximum Gasteiger partial charge on any atom is 0.407 e. The van der Waals surface area contributed by atoms with E-state index in [9.17, 15) is 14.7 Å². The van der Waals surface area contributed by atoms with E-state index in [1.807, 2.05) is 56.6 Å². The molecule has 0 spiro atoms. The number of hydrogen-bond donors (Lipinski definition) is 2. The number of aryl methyl sites for hydroxylation is 1. The highest BCUT2D eigenvalue weighted by Gasteiger charge is 2.27. The van der Waals surface area contributed by atoms with Crippen molar-refractivity contribution in [3.8, 4) is 28.3 Å². The van der Waals surface area contributed by atoms with Crippen LogP contribution < -0.4 is 10.1 Å². The third-order valence-corrected chi connectivity index (χ3v) is 8.46. The summed E-state index contributed by atoms with van der Waals surface area (Å²) in [7, 11) is 3.40. The fraction of sp³-hybridized carbons (Fsp3) is 0.500. The first kappa shape index (κ1) is 35.9. The predicted octanol–water partition coefficient (Wildman–Crippen LogP) is 5.18. The molecule has 1 fully saturated rings. The van der Waals surface area contributed by atoms with Crippen molar-refractivity contribution < 1.29 is 33.6 Å². The number of methoxy groups -OCH3 is 1. The summed E-state index contributed by atoms with van der Waals surface area (Å²) in [4.78, 5) is 29.5. The van der Waals surface area contributed by atoms with E-state index in [4.69, 9.17) is 34.1 Å². The molecule has 0 aliphatic carbocycles. The smallest absolute Gasteiger partial charge is 0.407 e. The van der Waals surface area contributed by atoms with Gasteiger partial charge in [0, 0.05) is 48.9 Å². The Hall–Kier alpha value is -4.86. The maximum atomic E-state index is 12.3. The monoisotopic (exact) mass is 702 g/mol. The Kier molecular flexibility index (Phi) is 10.4. The number of alkyl carbamates (subject to hydrolysis) is 1. The quantitative estimate of drug-likeness (QED) is 0.164. The lowest BCUT2D eigenvalue weighted by Gasteiger charge is -2.23. The van der Waals surface area contributed by atoms with Crippen molar-refractivity contribution in [2.24, 2.45) is 7.05 Å². The molecule has 51 heavy (non-hydrogen) atoms. The van der Waals surface area contributed by atoms with Crippen LogP contribution in [0.2, 0.25) is 0 Å². The Morgan fingerprint density at radius 1 is 1.14 bits per heavy atom. The first-order valence-electron chi connectivity index (χ1n) is 17.2. The molecule has 15 heteroatoms. The highest BCUT2D eigenvalue weighted by molar-refractivity contribution is 6.00. The molecule has 1 amide bonds. The van der Waals surface area contributed by atoms with E-state index in [2.05, 4.69) is 10.4 Å². The number of aliphatic hydroxyl groups is 1. The average Bonchev–Trinajstić information content (AvgIpc) is 3.73. The Labute approximate surface area is 295 Å².